The van der Waals surface area contributed by atoms with Gasteiger partial charge in [-0.15, -0.1) is 24.0 Å². The molecule has 2 heterocycles. The topological polar surface area (TPSA) is 48.9 Å². The van der Waals surface area contributed by atoms with Gasteiger partial charge in [0.15, 0.2) is 5.96 Å². The maximum Gasteiger partial charge on any atom is 0.191 e. The monoisotopic (exact) mass is 466 g/mol. The van der Waals surface area contributed by atoms with Gasteiger partial charge in [-0.25, -0.2) is 0 Å². The number of hydrogen-bond acceptors (Lipinski definition) is 3. The average Bonchev–Trinajstić information content (AvgIpc) is 2.94. The number of hydrogen-bond donors (Lipinski definition) is 2. The number of aliphatic imine (C=N–C) groups is 1. The van der Waals surface area contributed by atoms with E-state index in [1.165, 1.54) is 25.8 Å². The van der Waals surface area contributed by atoms with E-state index in [9.17, 15) is 0 Å². The van der Waals surface area contributed by atoms with Crippen LogP contribution in [0.2, 0.25) is 0 Å². The molecule has 2 rings (SSSR count). The number of rotatable bonds is 5. The molecule has 0 radical (unpaired) electrons. The molecule has 0 aromatic heterocycles. The summed E-state index contributed by atoms with van der Waals surface area (Å²) in [7, 11) is 2.22. The van der Waals surface area contributed by atoms with E-state index in [1.807, 2.05) is 0 Å². The van der Waals surface area contributed by atoms with Crippen LogP contribution in [0.1, 0.15) is 53.4 Å². The van der Waals surface area contributed by atoms with Crippen LogP contribution in [-0.4, -0.2) is 62.8 Å². The lowest BCUT2D eigenvalue weighted by Gasteiger charge is -2.39. The minimum atomic E-state index is 0. The zero-order valence-corrected chi connectivity index (χ0v) is 19.1. The molecule has 2 fully saturated rings. The van der Waals surface area contributed by atoms with E-state index in [-0.39, 0.29) is 29.4 Å². The number of nitrogens with zero attached hydrogens (tertiary/aromatic N) is 2. The van der Waals surface area contributed by atoms with Crippen LogP contribution in [0.15, 0.2) is 4.99 Å². The van der Waals surface area contributed by atoms with E-state index >= 15 is 0 Å². The van der Waals surface area contributed by atoms with Crippen molar-refractivity contribution in [2.75, 3.05) is 39.8 Å². The number of halogens is 1. The number of likely N-dealkylation sites (tertiary alicyclic amines) is 1. The molecule has 2 N–H and O–H groups in total. The summed E-state index contributed by atoms with van der Waals surface area (Å²) >= 11 is 0. The largest absolute Gasteiger partial charge is 0.377 e. The summed E-state index contributed by atoms with van der Waals surface area (Å²) in [4.78, 5) is 7.33. The van der Waals surface area contributed by atoms with Crippen LogP contribution in [0.3, 0.4) is 0 Å². The first kappa shape index (κ1) is 23.0. The summed E-state index contributed by atoms with van der Waals surface area (Å²) in [5, 5.41) is 6.94. The molecule has 0 aliphatic carbocycles. The van der Waals surface area contributed by atoms with Gasteiger partial charge in [0.2, 0.25) is 0 Å². The molecular weight excluding hydrogens is 427 g/mol. The van der Waals surface area contributed by atoms with Gasteiger partial charge < -0.3 is 20.3 Å². The lowest BCUT2D eigenvalue weighted by atomic mass is 9.78. The van der Waals surface area contributed by atoms with Gasteiger partial charge in [0, 0.05) is 38.2 Å². The van der Waals surface area contributed by atoms with E-state index in [1.54, 1.807) is 0 Å². The number of guanidine groups is 1. The highest BCUT2D eigenvalue weighted by Crippen LogP contribution is 2.34. The standard InChI is InChI=1S/C19H38N4O.HI/c1-6-20-18(22-14-16-10-7-11-23(16)5)21-13-15-9-8-12-24-17(15)19(2,3)4;/h15-17H,6-14H2,1-5H3,(H2,20,21,22);1H. The van der Waals surface area contributed by atoms with Crippen molar-refractivity contribution in [3.05, 3.63) is 0 Å². The smallest absolute Gasteiger partial charge is 0.191 e. The van der Waals surface area contributed by atoms with Gasteiger partial charge in [-0.2, -0.15) is 0 Å². The lowest BCUT2D eigenvalue weighted by Crippen LogP contribution is -2.45. The molecule has 25 heavy (non-hydrogen) atoms. The molecule has 6 heteroatoms. The van der Waals surface area contributed by atoms with Gasteiger partial charge >= 0.3 is 0 Å². The van der Waals surface area contributed by atoms with Gasteiger partial charge in [-0.1, -0.05) is 20.8 Å². The van der Waals surface area contributed by atoms with Gasteiger partial charge in [-0.3, -0.25) is 4.99 Å². The molecule has 0 spiro atoms. The first-order valence-corrected chi connectivity index (χ1v) is 9.76. The average molecular weight is 466 g/mol. The van der Waals surface area contributed by atoms with Crippen molar-refractivity contribution in [2.24, 2.45) is 16.3 Å². The normalized spacial score (nSPS) is 28.5. The van der Waals surface area contributed by atoms with Crippen molar-refractivity contribution >= 4 is 29.9 Å². The van der Waals surface area contributed by atoms with Crippen LogP contribution >= 0.6 is 24.0 Å². The maximum absolute atomic E-state index is 6.09. The minimum Gasteiger partial charge on any atom is -0.377 e. The van der Waals surface area contributed by atoms with E-state index in [0.29, 0.717) is 18.1 Å². The number of likely N-dealkylation sites (N-methyl/N-ethyl adjacent to an activating group) is 1. The Hall–Kier alpha value is -0.0800. The summed E-state index contributed by atoms with van der Waals surface area (Å²) in [5.41, 5.74) is 0.180. The van der Waals surface area contributed by atoms with Gasteiger partial charge in [0.1, 0.15) is 0 Å². The molecule has 5 nitrogen and oxygen atoms in total. The quantitative estimate of drug-likeness (QED) is 0.372. The second-order valence-corrected chi connectivity index (χ2v) is 8.44. The van der Waals surface area contributed by atoms with Crippen molar-refractivity contribution in [2.45, 2.75) is 65.5 Å². The first-order chi connectivity index (χ1) is 11.4. The third kappa shape index (κ3) is 7.21. The summed E-state index contributed by atoms with van der Waals surface area (Å²) in [5.74, 6) is 1.47. The van der Waals surface area contributed by atoms with Crippen molar-refractivity contribution in [3.63, 3.8) is 0 Å². The molecule has 0 bridgehead atoms. The molecule has 3 unspecified atom stereocenters. The summed E-state index contributed by atoms with van der Waals surface area (Å²) in [6.45, 7) is 13.8. The van der Waals surface area contributed by atoms with Crippen LogP contribution in [0.4, 0.5) is 0 Å². The van der Waals surface area contributed by atoms with Gasteiger partial charge in [0.25, 0.3) is 0 Å². The number of ether oxygens (including phenoxy) is 1. The van der Waals surface area contributed by atoms with Crippen LogP contribution in [0.5, 0.6) is 0 Å². The Kier molecular flexibility index (Phi) is 10.0. The molecule has 0 amide bonds. The van der Waals surface area contributed by atoms with Crippen molar-refractivity contribution < 1.29 is 4.74 Å². The van der Waals surface area contributed by atoms with E-state index in [4.69, 9.17) is 9.73 Å². The van der Waals surface area contributed by atoms with Crippen molar-refractivity contribution in [3.8, 4) is 0 Å². The second-order valence-electron chi connectivity index (χ2n) is 8.44. The van der Waals surface area contributed by atoms with E-state index in [2.05, 4.69) is 50.3 Å². The molecule has 0 aromatic rings. The molecule has 2 aliphatic rings. The molecule has 2 saturated heterocycles. The van der Waals surface area contributed by atoms with Gasteiger partial charge in [0.05, 0.1) is 6.10 Å². The minimum absolute atomic E-state index is 0. The lowest BCUT2D eigenvalue weighted by molar-refractivity contribution is -0.0823. The fourth-order valence-corrected chi connectivity index (χ4v) is 3.99. The maximum atomic E-state index is 6.09. The Morgan fingerprint density at radius 3 is 2.56 bits per heavy atom. The summed E-state index contributed by atoms with van der Waals surface area (Å²) in [6, 6.07) is 0.634. The number of nitrogens with one attached hydrogen (secondary N) is 2. The zero-order valence-electron chi connectivity index (χ0n) is 16.8. The van der Waals surface area contributed by atoms with Crippen LogP contribution in [0.25, 0.3) is 0 Å². The molecular formula is C19H39IN4O. The fraction of sp³-hybridized carbons (Fsp3) is 0.947. The van der Waals surface area contributed by atoms with E-state index < -0.39 is 0 Å². The third-order valence-corrected chi connectivity index (χ3v) is 5.30. The highest BCUT2D eigenvalue weighted by molar-refractivity contribution is 14.0. The first-order valence-electron chi connectivity index (χ1n) is 9.76. The van der Waals surface area contributed by atoms with E-state index in [0.717, 1.165) is 38.6 Å². The highest BCUT2D eigenvalue weighted by Gasteiger charge is 2.35. The molecule has 148 valence electrons. The third-order valence-electron chi connectivity index (χ3n) is 5.30. The molecule has 2 aliphatic heterocycles. The van der Waals surface area contributed by atoms with Gasteiger partial charge in [-0.05, 0) is 51.6 Å². The predicted molar refractivity (Wildman–Crippen MR) is 117 cm³/mol. The summed E-state index contributed by atoms with van der Waals surface area (Å²) in [6.07, 6.45) is 5.27. The predicted octanol–water partition coefficient (Wildman–Crippen LogP) is 3.10. The Balaban J connectivity index is 0.00000312. The fourth-order valence-electron chi connectivity index (χ4n) is 3.99. The van der Waals surface area contributed by atoms with Crippen molar-refractivity contribution in [1.82, 2.24) is 15.5 Å². The Morgan fingerprint density at radius 2 is 1.96 bits per heavy atom. The molecule has 0 saturated carbocycles. The zero-order chi connectivity index (χ0) is 17.6. The highest BCUT2D eigenvalue weighted by atomic mass is 127. The second kappa shape index (κ2) is 10.9. The Bertz CT molecular complexity index is 411. The van der Waals surface area contributed by atoms with Crippen molar-refractivity contribution in [1.29, 1.82) is 0 Å². The van der Waals surface area contributed by atoms with Crippen LogP contribution in [-0.2, 0) is 4.74 Å². The Morgan fingerprint density at radius 1 is 1.20 bits per heavy atom. The molecule has 0 aromatic carbocycles. The van der Waals surface area contributed by atoms with Crippen LogP contribution < -0.4 is 10.6 Å². The molecule has 3 atom stereocenters. The SMILES string of the molecule is CCNC(=NCC1CCCOC1C(C)(C)C)NCC1CCCN1C.I. The summed E-state index contributed by atoms with van der Waals surface area (Å²) < 4.78 is 6.09. The van der Waals surface area contributed by atoms with Crippen LogP contribution in [0, 0.1) is 11.3 Å². The Labute approximate surface area is 171 Å².